The van der Waals surface area contributed by atoms with Gasteiger partial charge in [0, 0.05) is 36.2 Å². The first kappa shape index (κ1) is 13.2. The molecular formula is C13H17N5O. The van der Waals surface area contributed by atoms with Crippen LogP contribution in [0.5, 0.6) is 0 Å². The maximum Gasteiger partial charge on any atom is 0.251 e. The van der Waals surface area contributed by atoms with Crippen molar-refractivity contribution < 1.29 is 4.79 Å². The van der Waals surface area contributed by atoms with Crippen LogP contribution in [0.15, 0.2) is 37.1 Å². The average molecular weight is 259 g/mol. The van der Waals surface area contributed by atoms with Crippen molar-refractivity contribution >= 4 is 5.91 Å². The molecule has 2 aromatic heterocycles. The van der Waals surface area contributed by atoms with Gasteiger partial charge in [-0.25, -0.2) is 9.97 Å². The van der Waals surface area contributed by atoms with Crippen molar-refractivity contribution in [3.05, 3.63) is 42.6 Å². The monoisotopic (exact) mass is 259 g/mol. The summed E-state index contributed by atoms with van der Waals surface area (Å²) in [5, 5.41) is 2.79. The van der Waals surface area contributed by atoms with Crippen molar-refractivity contribution in [2.75, 3.05) is 6.54 Å². The number of nitrogens with two attached hydrogens (primary N) is 1. The molecule has 6 nitrogen and oxygen atoms in total. The Hall–Kier alpha value is -2.21. The number of hydrogen-bond donors (Lipinski definition) is 2. The summed E-state index contributed by atoms with van der Waals surface area (Å²) < 4.78 is 1.74. The quantitative estimate of drug-likeness (QED) is 0.847. The molecule has 0 bridgehead atoms. The summed E-state index contributed by atoms with van der Waals surface area (Å²) >= 11 is 0. The predicted octanol–water partition coefficient (Wildman–Crippen LogP) is 0.734. The molecule has 1 amide bonds. The molecule has 0 unspecified atom stereocenters. The van der Waals surface area contributed by atoms with Gasteiger partial charge in [0.15, 0.2) is 0 Å². The smallest absolute Gasteiger partial charge is 0.251 e. The molecule has 0 aliphatic rings. The third-order valence-corrected chi connectivity index (χ3v) is 2.48. The zero-order valence-electron chi connectivity index (χ0n) is 11.0. The number of carbonyl (C=O) groups is 1. The Labute approximate surface area is 111 Å². The van der Waals surface area contributed by atoms with E-state index in [1.807, 2.05) is 13.8 Å². The summed E-state index contributed by atoms with van der Waals surface area (Å²) in [5.74, 6) is 0.486. The second-order valence-electron chi connectivity index (χ2n) is 5.04. The van der Waals surface area contributed by atoms with E-state index in [1.165, 1.54) is 0 Å². The average Bonchev–Trinajstić information content (AvgIpc) is 2.89. The molecule has 0 saturated heterocycles. The molecule has 19 heavy (non-hydrogen) atoms. The van der Waals surface area contributed by atoms with Crippen molar-refractivity contribution in [3.63, 3.8) is 0 Å². The highest BCUT2D eigenvalue weighted by Gasteiger charge is 2.13. The summed E-state index contributed by atoms with van der Waals surface area (Å²) in [5.41, 5.74) is 5.94. The number of imidazole rings is 1. The lowest BCUT2D eigenvalue weighted by atomic mass is 10.1. The Bertz CT molecular complexity index is 557. The lowest BCUT2D eigenvalue weighted by molar-refractivity contribution is 0.0946. The minimum atomic E-state index is -0.435. The molecule has 0 atom stereocenters. The first-order valence-corrected chi connectivity index (χ1v) is 5.97. The van der Waals surface area contributed by atoms with Crippen LogP contribution < -0.4 is 11.1 Å². The zero-order chi connectivity index (χ0) is 13.9. The molecule has 2 heterocycles. The Balaban J connectivity index is 2.13. The largest absolute Gasteiger partial charge is 0.350 e. The molecule has 6 heteroatoms. The zero-order valence-corrected chi connectivity index (χ0v) is 11.0. The van der Waals surface area contributed by atoms with Gasteiger partial charge in [0.05, 0.1) is 0 Å². The van der Waals surface area contributed by atoms with Gasteiger partial charge in [0.25, 0.3) is 5.91 Å². The van der Waals surface area contributed by atoms with E-state index in [2.05, 4.69) is 15.3 Å². The Morgan fingerprint density at radius 2 is 2.26 bits per heavy atom. The topological polar surface area (TPSA) is 85.8 Å². The SMILES string of the molecule is CC(C)(N)CNC(=O)c1ccnc(-n2ccnc2)c1. The molecule has 0 aliphatic carbocycles. The van der Waals surface area contributed by atoms with E-state index in [4.69, 9.17) is 5.73 Å². The molecular weight excluding hydrogens is 242 g/mol. The summed E-state index contributed by atoms with van der Waals surface area (Å²) in [6.07, 6.45) is 6.66. The third kappa shape index (κ3) is 3.62. The van der Waals surface area contributed by atoms with Gasteiger partial charge >= 0.3 is 0 Å². The molecule has 0 radical (unpaired) electrons. The van der Waals surface area contributed by atoms with Crippen LogP contribution >= 0.6 is 0 Å². The molecule has 0 aliphatic heterocycles. The predicted molar refractivity (Wildman–Crippen MR) is 72.0 cm³/mol. The minimum absolute atomic E-state index is 0.165. The molecule has 0 saturated carbocycles. The highest BCUT2D eigenvalue weighted by Crippen LogP contribution is 2.07. The molecule has 2 rings (SSSR count). The van der Waals surface area contributed by atoms with Gasteiger partial charge in [-0.15, -0.1) is 0 Å². The Kier molecular flexibility index (Phi) is 3.62. The molecule has 0 aromatic carbocycles. The van der Waals surface area contributed by atoms with Crippen LogP contribution in [-0.4, -0.2) is 32.5 Å². The summed E-state index contributed by atoms with van der Waals surface area (Å²) in [6, 6.07) is 3.37. The molecule has 0 spiro atoms. The van der Waals surface area contributed by atoms with Crippen LogP contribution in [0.4, 0.5) is 0 Å². The Morgan fingerprint density at radius 1 is 1.47 bits per heavy atom. The summed E-state index contributed by atoms with van der Waals surface area (Å²) in [4.78, 5) is 20.1. The lowest BCUT2D eigenvalue weighted by Crippen LogP contribution is -2.45. The van der Waals surface area contributed by atoms with Crippen molar-refractivity contribution in [3.8, 4) is 5.82 Å². The first-order valence-electron chi connectivity index (χ1n) is 5.97. The van der Waals surface area contributed by atoms with E-state index in [-0.39, 0.29) is 5.91 Å². The van der Waals surface area contributed by atoms with Gasteiger partial charge in [-0.05, 0) is 26.0 Å². The number of carbonyl (C=O) groups excluding carboxylic acids is 1. The van der Waals surface area contributed by atoms with E-state index in [1.54, 1.807) is 41.6 Å². The van der Waals surface area contributed by atoms with Crippen LogP contribution in [0, 0.1) is 0 Å². The summed E-state index contributed by atoms with van der Waals surface area (Å²) in [6.45, 7) is 4.13. The van der Waals surface area contributed by atoms with E-state index >= 15 is 0 Å². The van der Waals surface area contributed by atoms with Crippen LogP contribution in [0.1, 0.15) is 24.2 Å². The number of nitrogens with one attached hydrogen (secondary N) is 1. The molecule has 3 N–H and O–H groups in total. The van der Waals surface area contributed by atoms with Crippen LogP contribution in [-0.2, 0) is 0 Å². The van der Waals surface area contributed by atoms with Crippen molar-refractivity contribution in [1.82, 2.24) is 19.9 Å². The second-order valence-corrected chi connectivity index (χ2v) is 5.04. The van der Waals surface area contributed by atoms with Gasteiger partial charge in [0.1, 0.15) is 12.1 Å². The van der Waals surface area contributed by atoms with E-state index in [9.17, 15) is 4.79 Å². The van der Waals surface area contributed by atoms with Gasteiger partial charge < -0.3 is 11.1 Å². The number of hydrogen-bond acceptors (Lipinski definition) is 4. The molecule has 100 valence electrons. The van der Waals surface area contributed by atoms with Crippen LogP contribution in [0.2, 0.25) is 0 Å². The Morgan fingerprint density at radius 3 is 2.89 bits per heavy atom. The van der Waals surface area contributed by atoms with Crippen molar-refractivity contribution in [2.45, 2.75) is 19.4 Å². The van der Waals surface area contributed by atoms with Gasteiger partial charge in [-0.2, -0.15) is 0 Å². The maximum absolute atomic E-state index is 12.0. The first-order chi connectivity index (χ1) is 8.96. The van der Waals surface area contributed by atoms with E-state index in [0.29, 0.717) is 17.9 Å². The second kappa shape index (κ2) is 5.19. The number of pyridine rings is 1. The van der Waals surface area contributed by atoms with E-state index < -0.39 is 5.54 Å². The fourth-order valence-electron chi connectivity index (χ4n) is 1.51. The van der Waals surface area contributed by atoms with Crippen molar-refractivity contribution in [1.29, 1.82) is 0 Å². The van der Waals surface area contributed by atoms with Gasteiger partial charge in [-0.1, -0.05) is 0 Å². The fourth-order valence-corrected chi connectivity index (χ4v) is 1.51. The highest BCUT2D eigenvalue weighted by atomic mass is 16.1. The van der Waals surface area contributed by atoms with E-state index in [0.717, 1.165) is 0 Å². The fraction of sp³-hybridized carbons (Fsp3) is 0.308. The van der Waals surface area contributed by atoms with Gasteiger partial charge in [-0.3, -0.25) is 9.36 Å². The number of rotatable bonds is 4. The van der Waals surface area contributed by atoms with Gasteiger partial charge in [0.2, 0.25) is 0 Å². The molecule has 2 aromatic rings. The number of nitrogens with zero attached hydrogens (tertiary/aromatic N) is 3. The lowest BCUT2D eigenvalue weighted by Gasteiger charge is -2.18. The number of aromatic nitrogens is 3. The van der Waals surface area contributed by atoms with Crippen LogP contribution in [0.25, 0.3) is 5.82 Å². The summed E-state index contributed by atoms with van der Waals surface area (Å²) in [7, 11) is 0. The van der Waals surface area contributed by atoms with Crippen LogP contribution in [0.3, 0.4) is 0 Å². The van der Waals surface area contributed by atoms with Crippen molar-refractivity contribution in [2.24, 2.45) is 5.73 Å². The maximum atomic E-state index is 12.0. The minimum Gasteiger partial charge on any atom is -0.350 e. The highest BCUT2D eigenvalue weighted by molar-refractivity contribution is 5.94. The number of amides is 1. The standard InChI is InChI=1S/C13H17N5O/c1-13(2,14)8-17-12(19)10-3-4-16-11(7-10)18-6-5-15-9-18/h3-7,9H,8,14H2,1-2H3,(H,17,19). The third-order valence-electron chi connectivity index (χ3n) is 2.48. The molecule has 0 fully saturated rings. The normalized spacial score (nSPS) is 11.3.